The van der Waals surface area contributed by atoms with Crippen LogP contribution < -0.4 is 4.90 Å². The fraction of sp³-hybridized carbons (Fsp3) is 0.0345. The third-order valence-corrected chi connectivity index (χ3v) is 12.7. The van der Waals surface area contributed by atoms with Crippen molar-refractivity contribution in [3.63, 3.8) is 0 Å². The quantitative estimate of drug-likeness (QED) is 0.153. The van der Waals surface area contributed by atoms with Crippen LogP contribution in [-0.2, 0) is 0 Å². The number of para-hydroxylation sites is 2. The molecule has 1 atom stereocenters. The lowest BCUT2D eigenvalue weighted by Gasteiger charge is -2.26. The first-order valence-electron chi connectivity index (χ1n) is 20.9. The fourth-order valence-electron chi connectivity index (χ4n) is 9.93. The molecule has 2 nitrogen and oxygen atoms in total. The fourth-order valence-corrected chi connectivity index (χ4v) is 9.93. The summed E-state index contributed by atoms with van der Waals surface area (Å²) in [7, 11) is 0. The number of allylic oxidation sites excluding steroid dienone is 8. The largest absolute Gasteiger partial charge is 0.312 e. The van der Waals surface area contributed by atoms with Gasteiger partial charge < -0.3 is 9.47 Å². The van der Waals surface area contributed by atoms with Crippen LogP contribution in [0.25, 0.3) is 82.1 Å². The van der Waals surface area contributed by atoms with Crippen LogP contribution in [0.1, 0.15) is 6.42 Å². The number of anilines is 3. The summed E-state index contributed by atoms with van der Waals surface area (Å²) in [4.78, 5) is 2.34. The van der Waals surface area contributed by atoms with Crippen molar-refractivity contribution in [3.05, 3.63) is 230 Å². The predicted octanol–water partition coefficient (Wildman–Crippen LogP) is 16.0. The molecule has 0 saturated heterocycles. The highest BCUT2D eigenvalue weighted by molar-refractivity contribution is 6.38. The second-order valence-corrected chi connectivity index (χ2v) is 16.0. The third kappa shape index (κ3) is 5.49. The number of fused-ring (bicyclic) bond motifs is 11. The molecule has 0 fully saturated rings. The first-order valence-corrected chi connectivity index (χ1v) is 20.9. The molecule has 0 bridgehead atoms. The Labute approximate surface area is 349 Å². The van der Waals surface area contributed by atoms with E-state index in [4.69, 9.17) is 0 Å². The lowest BCUT2D eigenvalue weighted by Crippen LogP contribution is -2.10. The molecule has 0 aliphatic heterocycles. The molecule has 1 heterocycles. The van der Waals surface area contributed by atoms with Gasteiger partial charge in [0.15, 0.2) is 0 Å². The van der Waals surface area contributed by atoms with E-state index < -0.39 is 0 Å². The van der Waals surface area contributed by atoms with Crippen molar-refractivity contribution < 1.29 is 0 Å². The van der Waals surface area contributed by atoms with Gasteiger partial charge in [-0.05, 0) is 110 Å². The molecule has 282 valence electrons. The molecule has 2 aliphatic carbocycles. The summed E-state index contributed by atoms with van der Waals surface area (Å²) in [5.41, 5.74) is 13.5. The Morgan fingerprint density at radius 1 is 0.433 bits per heavy atom. The topological polar surface area (TPSA) is 8.17 Å². The van der Waals surface area contributed by atoms with E-state index in [-0.39, 0.29) is 0 Å². The standard InChI is InChI=1S/C58H40N2/c1-3-15-39(16-4-1)41-27-32-45(33-28-41)59(44-19-5-2-6-20-44)46-34-30-42(31-35-46)53-38-54-49-22-10-12-24-51(49)58-57(56(54)50-23-11-9-21-48(50)53)52-25-13-14-26-55(52)60(58)47-36-29-40-17-7-8-18-43(40)37-47/h1-36,38,43H,37H2. The van der Waals surface area contributed by atoms with Crippen molar-refractivity contribution in [3.8, 4) is 22.3 Å². The van der Waals surface area contributed by atoms with Gasteiger partial charge in [0.05, 0.1) is 11.0 Å². The van der Waals surface area contributed by atoms with Crippen LogP contribution >= 0.6 is 0 Å². The lowest BCUT2D eigenvalue weighted by atomic mass is 9.86. The van der Waals surface area contributed by atoms with Gasteiger partial charge in [0.2, 0.25) is 0 Å². The normalized spacial score (nSPS) is 14.8. The van der Waals surface area contributed by atoms with E-state index in [1.807, 2.05) is 0 Å². The molecule has 0 N–H and O–H groups in total. The molecule has 12 rings (SSSR count). The highest BCUT2D eigenvalue weighted by Crippen LogP contribution is 2.48. The van der Waals surface area contributed by atoms with Gasteiger partial charge in [-0.15, -0.1) is 0 Å². The monoisotopic (exact) mass is 764 g/mol. The van der Waals surface area contributed by atoms with Gasteiger partial charge in [0.1, 0.15) is 0 Å². The van der Waals surface area contributed by atoms with Crippen molar-refractivity contribution >= 4 is 76.9 Å². The minimum absolute atomic E-state index is 0.382. The number of benzene rings is 9. The number of hydrogen-bond donors (Lipinski definition) is 0. The van der Waals surface area contributed by atoms with E-state index in [1.54, 1.807) is 0 Å². The van der Waals surface area contributed by atoms with E-state index in [0.29, 0.717) is 5.92 Å². The molecular weight excluding hydrogens is 725 g/mol. The van der Waals surface area contributed by atoms with Gasteiger partial charge in [-0.2, -0.15) is 0 Å². The van der Waals surface area contributed by atoms with E-state index in [0.717, 1.165) is 23.5 Å². The Morgan fingerprint density at radius 3 is 1.77 bits per heavy atom. The molecular formula is C58H40N2. The minimum atomic E-state index is 0.382. The van der Waals surface area contributed by atoms with Crippen molar-refractivity contribution in [2.75, 3.05) is 4.90 Å². The van der Waals surface area contributed by atoms with E-state index in [1.165, 1.54) is 87.6 Å². The molecule has 0 saturated carbocycles. The molecule has 0 amide bonds. The zero-order valence-corrected chi connectivity index (χ0v) is 33.0. The molecule has 60 heavy (non-hydrogen) atoms. The number of hydrogen-bond acceptors (Lipinski definition) is 1. The number of nitrogens with zero attached hydrogens (tertiary/aromatic N) is 2. The Morgan fingerprint density at radius 2 is 1.02 bits per heavy atom. The summed E-state index contributed by atoms with van der Waals surface area (Å²) in [6.07, 6.45) is 14.6. The molecule has 1 aromatic heterocycles. The van der Waals surface area contributed by atoms with Crippen LogP contribution in [0.15, 0.2) is 230 Å². The summed E-state index contributed by atoms with van der Waals surface area (Å²) >= 11 is 0. The van der Waals surface area contributed by atoms with Crippen molar-refractivity contribution in [2.24, 2.45) is 5.92 Å². The van der Waals surface area contributed by atoms with Crippen molar-refractivity contribution in [2.45, 2.75) is 6.42 Å². The van der Waals surface area contributed by atoms with Crippen LogP contribution in [0, 0.1) is 5.92 Å². The highest BCUT2D eigenvalue weighted by Gasteiger charge is 2.25. The zero-order valence-electron chi connectivity index (χ0n) is 33.0. The van der Waals surface area contributed by atoms with Crippen LogP contribution in [0.4, 0.5) is 17.1 Å². The molecule has 0 spiro atoms. The lowest BCUT2D eigenvalue weighted by molar-refractivity contribution is 0.770. The maximum Gasteiger partial charge on any atom is 0.0622 e. The maximum atomic E-state index is 2.57. The Bertz CT molecular complexity index is 3420. The summed E-state index contributed by atoms with van der Waals surface area (Å²) in [6.45, 7) is 0. The Kier molecular flexibility index (Phi) is 8.02. The first kappa shape index (κ1) is 34.4. The molecule has 2 heteroatoms. The van der Waals surface area contributed by atoms with Gasteiger partial charge in [-0.3, -0.25) is 0 Å². The van der Waals surface area contributed by atoms with Crippen LogP contribution in [0.3, 0.4) is 0 Å². The van der Waals surface area contributed by atoms with Gasteiger partial charge >= 0.3 is 0 Å². The third-order valence-electron chi connectivity index (χ3n) is 12.7. The predicted molar refractivity (Wildman–Crippen MR) is 256 cm³/mol. The van der Waals surface area contributed by atoms with Crippen molar-refractivity contribution in [1.82, 2.24) is 4.57 Å². The molecule has 9 aromatic carbocycles. The van der Waals surface area contributed by atoms with E-state index >= 15 is 0 Å². The van der Waals surface area contributed by atoms with Gasteiger partial charge in [-0.25, -0.2) is 0 Å². The summed E-state index contributed by atoms with van der Waals surface area (Å²) in [5, 5.41) is 10.3. The number of aromatic nitrogens is 1. The number of rotatable bonds is 6. The second kappa shape index (κ2) is 14.0. The first-order chi connectivity index (χ1) is 29.8. The van der Waals surface area contributed by atoms with Crippen molar-refractivity contribution in [1.29, 1.82) is 0 Å². The van der Waals surface area contributed by atoms with E-state index in [2.05, 4.69) is 234 Å². The van der Waals surface area contributed by atoms with E-state index in [9.17, 15) is 0 Å². The van der Waals surface area contributed by atoms with Crippen LogP contribution in [0.2, 0.25) is 0 Å². The molecule has 2 aliphatic rings. The SMILES string of the molecule is C1=CC2=CC=C(n3c4ccccc4c4c5c6ccccc6c(-c6ccc(N(c7ccccc7)c7ccc(-c8ccccc8)cc7)cc6)cc5c5ccccc5c43)CC2C=C1. The minimum Gasteiger partial charge on any atom is -0.312 e. The molecule has 1 unspecified atom stereocenters. The smallest absolute Gasteiger partial charge is 0.0622 e. The van der Waals surface area contributed by atoms with Gasteiger partial charge in [-0.1, -0.05) is 170 Å². The summed E-state index contributed by atoms with van der Waals surface area (Å²) in [5.74, 6) is 0.382. The second-order valence-electron chi connectivity index (χ2n) is 16.0. The summed E-state index contributed by atoms with van der Waals surface area (Å²) in [6, 6.07) is 68.9. The summed E-state index contributed by atoms with van der Waals surface area (Å²) < 4.78 is 2.57. The average molecular weight is 765 g/mol. The molecule has 10 aromatic rings. The Balaban J connectivity index is 1.05. The van der Waals surface area contributed by atoms with Crippen LogP contribution in [0.5, 0.6) is 0 Å². The van der Waals surface area contributed by atoms with Gasteiger partial charge in [0.25, 0.3) is 0 Å². The molecule has 0 radical (unpaired) electrons. The highest BCUT2D eigenvalue weighted by atomic mass is 15.1. The Hall–Kier alpha value is -7.68. The zero-order chi connectivity index (χ0) is 39.6. The van der Waals surface area contributed by atoms with Gasteiger partial charge in [0, 0.05) is 50.2 Å². The average Bonchev–Trinajstić information content (AvgIpc) is 3.68. The van der Waals surface area contributed by atoms with Crippen LogP contribution in [-0.4, -0.2) is 4.57 Å². The maximum absolute atomic E-state index is 2.57.